The lowest BCUT2D eigenvalue weighted by atomic mass is 9.61. The van der Waals surface area contributed by atoms with Crippen LogP contribution in [0.3, 0.4) is 0 Å². The van der Waals surface area contributed by atoms with Crippen LogP contribution in [0.15, 0.2) is 29.2 Å². The molecule has 1 saturated carbocycles. The third kappa shape index (κ3) is 3.71. The molecule has 0 heterocycles. The van der Waals surface area contributed by atoms with Crippen molar-refractivity contribution in [2.24, 2.45) is 10.8 Å². The predicted octanol–water partition coefficient (Wildman–Crippen LogP) is 5.93. The Bertz CT molecular complexity index is 509. The molecule has 0 atom stereocenters. The van der Waals surface area contributed by atoms with Gasteiger partial charge in [0, 0.05) is 9.92 Å². The van der Waals surface area contributed by atoms with Crippen molar-refractivity contribution in [3.05, 3.63) is 29.3 Å². The number of hydrogen-bond acceptors (Lipinski definition) is 2. The van der Waals surface area contributed by atoms with Crippen molar-refractivity contribution >= 4 is 23.4 Å². The Kier molecular flexibility index (Phi) is 4.15. The Morgan fingerprint density at radius 2 is 1.50 bits per heavy atom. The van der Waals surface area contributed by atoms with Crippen molar-refractivity contribution < 1.29 is 0 Å². The van der Waals surface area contributed by atoms with Gasteiger partial charge in [-0.2, -0.15) is 5.26 Å². The van der Waals surface area contributed by atoms with E-state index in [2.05, 4.69) is 33.8 Å². The molecule has 108 valence electrons. The molecule has 0 aliphatic heterocycles. The lowest BCUT2D eigenvalue weighted by Gasteiger charge is -2.48. The molecule has 1 nitrogen and oxygen atoms in total. The molecule has 0 spiro atoms. The predicted molar refractivity (Wildman–Crippen MR) is 87.1 cm³/mol. The average molecular weight is 308 g/mol. The standard InChI is InChI=1S/C17H22ClNS/c1-15(2)9-16(3,4)11-17(10-15,12-19)20-14-7-5-13(18)6-8-14/h5-8H,9-11H2,1-4H3. The number of halogens is 1. The highest BCUT2D eigenvalue weighted by Crippen LogP contribution is 2.56. The largest absolute Gasteiger partial charge is 0.197 e. The quantitative estimate of drug-likeness (QED) is 0.676. The van der Waals surface area contributed by atoms with Crippen LogP contribution >= 0.6 is 23.4 Å². The van der Waals surface area contributed by atoms with E-state index in [9.17, 15) is 5.26 Å². The summed E-state index contributed by atoms with van der Waals surface area (Å²) in [5.41, 5.74) is 0.411. The first-order chi connectivity index (χ1) is 9.15. The normalized spacial score (nSPS) is 23.0. The van der Waals surface area contributed by atoms with Crippen molar-refractivity contribution in [1.29, 1.82) is 5.26 Å². The molecule has 20 heavy (non-hydrogen) atoms. The smallest absolute Gasteiger partial charge is 0.108 e. The van der Waals surface area contributed by atoms with E-state index in [4.69, 9.17) is 11.6 Å². The first-order valence-corrected chi connectivity index (χ1v) is 8.21. The van der Waals surface area contributed by atoms with Crippen LogP contribution in [0.4, 0.5) is 0 Å². The highest BCUT2D eigenvalue weighted by atomic mass is 35.5. The Hall–Kier alpha value is -0.650. The summed E-state index contributed by atoms with van der Waals surface area (Å²) in [6.45, 7) is 9.12. The van der Waals surface area contributed by atoms with E-state index in [1.54, 1.807) is 11.8 Å². The van der Waals surface area contributed by atoms with E-state index in [-0.39, 0.29) is 15.6 Å². The van der Waals surface area contributed by atoms with Crippen LogP contribution in [0.2, 0.25) is 5.02 Å². The third-order valence-electron chi connectivity index (χ3n) is 3.82. The Balaban J connectivity index is 2.29. The fourth-order valence-electron chi connectivity index (χ4n) is 3.93. The minimum absolute atomic E-state index is 0.205. The van der Waals surface area contributed by atoms with Crippen molar-refractivity contribution in [2.75, 3.05) is 0 Å². The lowest BCUT2D eigenvalue weighted by Crippen LogP contribution is -2.43. The van der Waals surface area contributed by atoms with Gasteiger partial charge in [0.25, 0.3) is 0 Å². The van der Waals surface area contributed by atoms with Gasteiger partial charge in [-0.05, 0) is 54.4 Å². The van der Waals surface area contributed by atoms with E-state index in [1.165, 1.54) is 6.42 Å². The van der Waals surface area contributed by atoms with Crippen LogP contribution in [0.25, 0.3) is 0 Å². The average Bonchev–Trinajstić information content (AvgIpc) is 2.28. The first-order valence-electron chi connectivity index (χ1n) is 7.01. The van der Waals surface area contributed by atoms with Crippen molar-refractivity contribution in [3.63, 3.8) is 0 Å². The van der Waals surface area contributed by atoms with Crippen LogP contribution < -0.4 is 0 Å². The molecule has 2 rings (SSSR count). The Labute approximate surface area is 131 Å². The Morgan fingerprint density at radius 3 is 1.95 bits per heavy atom. The van der Waals surface area contributed by atoms with Crippen molar-refractivity contribution in [2.45, 2.75) is 56.6 Å². The summed E-state index contributed by atoms with van der Waals surface area (Å²) in [7, 11) is 0. The minimum Gasteiger partial charge on any atom is -0.197 e. The van der Waals surface area contributed by atoms with E-state index >= 15 is 0 Å². The molecule has 0 saturated heterocycles. The molecule has 0 amide bonds. The van der Waals surface area contributed by atoms with Crippen LogP contribution in [0, 0.1) is 22.2 Å². The van der Waals surface area contributed by atoms with Gasteiger partial charge in [-0.1, -0.05) is 39.3 Å². The van der Waals surface area contributed by atoms with Crippen molar-refractivity contribution in [3.8, 4) is 6.07 Å². The molecule has 1 fully saturated rings. The summed E-state index contributed by atoms with van der Waals surface area (Å²) in [6, 6.07) is 10.4. The molecule has 0 bridgehead atoms. The van der Waals surface area contributed by atoms with Crippen LogP contribution in [-0.4, -0.2) is 4.75 Å². The summed E-state index contributed by atoms with van der Waals surface area (Å²) in [5, 5.41) is 10.6. The number of nitrogens with zero attached hydrogens (tertiary/aromatic N) is 1. The second-order valence-corrected chi connectivity index (χ2v) is 9.41. The van der Waals surface area contributed by atoms with Gasteiger partial charge in [0.05, 0.1) is 6.07 Å². The second kappa shape index (κ2) is 5.28. The van der Waals surface area contributed by atoms with Gasteiger partial charge in [-0.25, -0.2) is 0 Å². The maximum Gasteiger partial charge on any atom is 0.108 e. The molecule has 0 aromatic heterocycles. The lowest BCUT2D eigenvalue weighted by molar-refractivity contribution is 0.102. The molecular weight excluding hydrogens is 286 g/mol. The molecular formula is C17H22ClNS. The van der Waals surface area contributed by atoms with Gasteiger partial charge in [0.2, 0.25) is 0 Å². The monoisotopic (exact) mass is 307 g/mol. The summed E-state index contributed by atoms with van der Waals surface area (Å²) in [4.78, 5) is 1.13. The maximum absolute atomic E-state index is 9.82. The third-order valence-corrected chi connectivity index (χ3v) is 5.35. The minimum atomic E-state index is -0.334. The van der Waals surface area contributed by atoms with E-state index in [0.717, 1.165) is 22.8 Å². The molecule has 1 aromatic carbocycles. The maximum atomic E-state index is 9.82. The fourth-order valence-corrected chi connectivity index (χ4v) is 5.75. The summed E-state index contributed by atoms with van der Waals surface area (Å²) in [5.74, 6) is 0. The number of thioether (sulfide) groups is 1. The molecule has 0 radical (unpaired) electrons. The van der Waals surface area contributed by atoms with E-state index in [0.29, 0.717) is 0 Å². The van der Waals surface area contributed by atoms with Gasteiger partial charge in [0.15, 0.2) is 0 Å². The summed E-state index contributed by atoms with van der Waals surface area (Å²) in [6.07, 6.45) is 3.05. The number of rotatable bonds is 2. The van der Waals surface area contributed by atoms with E-state index in [1.807, 2.05) is 24.3 Å². The number of benzene rings is 1. The zero-order valence-corrected chi connectivity index (χ0v) is 14.2. The molecule has 3 heteroatoms. The first kappa shape index (κ1) is 15.7. The molecule has 0 unspecified atom stereocenters. The van der Waals surface area contributed by atoms with E-state index < -0.39 is 0 Å². The second-order valence-electron chi connectivity index (χ2n) is 7.52. The van der Waals surface area contributed by atoms with Gasteiger partial charge in [0.1, 0.15) is 4.75 Å². The highest BCUT2D eigenvalue weighted by molar-refractivity contribution is 8.01. The van der Waals surface area contributed by atoms with Gasteiger partial charge >= 0.3 is 0 Å². The number of hydrogen-bond donors (Lipinski definition) is 0. The van der Waals surface area contributed by atoms with Crippen LogP contribution in [-0.2, 0) is 0 Å². The van der Waals surface area contributed by atoms with Crippen LogP contribution in [0.5, 0.6) is 0 Å². The van der Waals surface area contributed by atoms with Gasteiger partial charge in [-0.3, -0.25) is 0 Å². The summed E-state index contributed by atoms with van der Waals surface area (Å²) >= 11 is 7.64. The molecule has 1 aliphatic carbocycles. The van der Waals surface area contributed by atoms with Crippen molar-refractivity contribution in [1.82, 2.24) is 0 Å². The number of nitriles is 1. The summed E-state index contributed by atoms with van der Waals surface area (Å²) < 4.78 is -0.334. The molecule has 0 N–H and O–H groups in total. The Morgan fingerprint density at radius 1 is 1.00 bits per heavy atom. The SMILES string of the molecule is CC1(C)CC(C)(C)CC(C#N)(Sc2ccc(Cl)cc2)C1. The van der Waals surface area contributed by atoms with Gasteiger partial charge in [-0.15, -0.1) is 11.8 Å². The topological polar surface area (TPSA) is 23.8 Å². The molecule has 1 aromatic rings. The fraction of sp³-hybridized carbons (Fsp3) is 0.588. The molecule has 1 aliphatic rings. The van der Waals surface area contributed by atoms with Gasteiger partial charge < -0.3 is 0 Å². The zero-order valence-electron chi connectivity index (χ0n) is 12.7. The zero-order chi connectivity index (χ0) is 15.0. The highest BCUT2D eigenvalue weighted by Gasteiger charge is 2.48. The van der Waals surface area contributed by atoms with Crippen LogP contribution in [0.1, 0.15) is 47.0 Å².